The standard InChI is InChI=1S/C16H21NO5/c1-21-14-10-12(16(19)20)6-5-11(14)7-8-17-15(18)13-4-2-3-9-22-13/h5-6,10,13H,2-4,7-9H2,1H3,(H,17,18)(H,19,20). The van der Waals surface area contributed by atoms with E-state index in [4.69, 9.17) is 14.6 Å². The summed E-state index contributed by atoms with van der Waals surface area (Å²) >= 11 is 0. The van der Waals surface area contributed by atoms with Crippen molar-refractivity contribution in [2.45, 2.75) is 31.8 Å². The van der Waals surface area contributed by atoms with E-state index in [1.165, 1.54) is 19.2 Å². The molecule has 1 atom stereocenters. The number of hydrogen-bond acceptors (Lipinski definition) is 4. The molecule has 0 radical (unpaired) electrons. The number of methoxy groups -OCH3 is 1. The summed E-state index contributed by atoms with van der Waals surface area (Å²) in [7, 11) is 1.50. The molecule has 1 unspecified atom stereocenters. The largest absolute Gasteiger partial charge is 0.496 e. The number of ether oxygens (including phenoxy) is 2. The van der Waals surface area contributed by atoms with Crippen LogP contribution in [0.25, 0.3) is 0 Å². The minimum atomic E-state index is -0.993. The molecule has 6 heteroatoms. The molecule has 1 aromatic carbocycles. The summed E-state index contributed by atoms with van der Waals surface area (Å²) in [6.45, 7) is 1.10. The summed E-state index contributed by atoms with van der Waals surface area (Å²) in [5, 5.41) is 11.8. The Labute approximate surface area is 129 Å². The molecule has 1 heterocycles. The smallest absolute Gasteiger partial charge is 0.335 e. The fourth-order valence-electron chi connectivity index (χ4n) is 2.47. The van der Waals surface area contributed by atoms with Crippen molar-refractivity contribution in [3.63, 3.8) is 0 Å². The molecular formula is C16H21NO5. The maximum atomic E-state index is 11.9. The van der Waals surface area contributed by atoms with Crippen molar-refractivity contribution < 1.29 is 24.2 Å². The lowest BCUT2D eigenvalue weighted by Gasteiger charge is -2.21. The van der Waals surface area contributed by atoms with Crippen LogP contribution in [0.15, 0.2) is 18.2 Å². The Balaban J connectivity index is 1.88. The number of aromatic carboxylic acids is 1. The van der Waals surface area contributed by atoms with Gasteiger partial charge in [0.2, 0.25) is 5.91 Å². The van der Waals surface area contributed by atoms with Crippen LogP contribution in [0.1, 0.15) is 35.2 Å². The van der Waals surface area contributed by atoms with Crippen molar-refractivity contribution in [3.05, 3.63) is 29.3 Å². The van der Waals surface area contributed by atoms with E-state index >= 15 is 0 Å². The van der Waals surface area contributed by atoms with E-state index in [2.05, 4.69) is 5.32 Å². The van der Waals surface area contributed by atoms with Gasteiger partial charge in [-0.3, -0.25) is 4.79 Å². The molecule has 1 aliphatic rings. The SMILES string of the molecule is COc1cc(C(=O)O)ccc1CCNC(=O)C1CCCCO1. The van der Waals surface area contributed by atoms with Crippen LogP contribution >= 0.6 is 0 Å². The number of benzene rings is 1. The maximum Gasteiger partial charge on any atom is 0.335 e. The lowest BCUT2D eigenvalue weighted by Crippen LogP contribution is -2.39. The minimum absolute atomic E-state index is 0.0826. The summed E-state index contributed by atoms with van der Waals surface area (Å²) in [5.41, 5.74) is 1.04. The average molecular weight is 307 g/mol. The van der Waals surface area contributed by atoms with E-state index in [9.17, 15) is 9.59 Å². The molecule has 2 rings (SSSR count). The molecular weight excluding hydrogens is 286 g/mol. The van der Waals surface area contributed by atoms with Gasteiger partial charge in [0.1, 0.15) is 11.9 Å². The summed E-state index contributed by atoms with van der Waals surface area (Å²) in [6.07, 6.45) is 3.02. The van der Waals surface area contributed by atoms with Crippen LogP contribution in [-0.4, -0.2) is 43.3 Å². The summed E-state index contributed by atoms with van der Waals surface area (Å²) in [6, 6.07) is 4.74. The van der Waals surface area contributed by atoms with Crippen molar-refractivity contribution in [2.75, 3.05) is 20.3 Å². The molecule has 1 saturated heterocycles. The lowest BCUT2D eigenvalue weighted by atomic mass is 10.1. The van der Waals surface area contributed by atoms with Crippen molar-refractivity contribution in [1.29, 1.82) is 0 Å². The molecule has 0 aromatic heterocycles. The molecule has 2 N–H and O–H groups in total. The normalized spacial score (nSPS) is 17.8. The van der Waals surface area contributed by atoms with Gasteiger partial charge in [0, 0.05) is 13.2 Å². The van der Waals surface area contributed by atoms with Crippen LogP contribution in [-0.2, 0) is 16.0 Å². The van der Waals surface area contributed by atoms with Crippen molar-refractivity contribution >= 4 is 11.9 Å². The van der Waals surface area contributed by atoms with Gasteiger partial charge in [-0.05, 0) is 43.4 Å². The van der Waals surface area contributed by atoms with Crippen molar-refractivity contribution in [3.8, 4) is 5.75 Å². The topological polar surface area (TPSA) is 84.9 Å². The second kappa shape index (κ2) is 7.79. The third-order valence-electron chi connectivity index (χ3n) is 3.70. The fourth-order valence-corrected chi connectivity index (χ4v) is 2.47. The number of carboxylic acids is 1. The van der Waals surface area contributed by atoms with Gasteiger partial charge in [-0.15, -0.1) is 0 Å². The summed E-state index contributed by atoms with van der Waals surface area (Å²) < 4.78 is 10.6. The van der Waals surface area contributed by atoms with Crippen LogP contribution < -0.4 is 10.1 Å². The number of hydrogen-bond donors (Lipinski definition) is 2. The number of rotatable bonds is 6. The van der Waals surface area contributed by atoms with Crippen LogP contribution in [0.3, 0.4) is 0 Å². The molecule has 1 fully saturated rings. The van der Waals surface area contributed by atoms with E-state index in [1.54, 1.807) is 6.07 Å². The van der Waals surface area contributed by atoms with E-state index in [-0.39, 0.29) is 17.6 Å². The van der Waals surface area contributed by atoms with E-state index in [1.807, 2.05) is 0 Å². The Bertz CT molecular complexity index is 537. The zero-order valence-electron chi connectivity index (χ0n) is 12.6. The molecule has 1 amide bonds. The van der Waals surface area contributed by atoms with Gasteiger partial charge in [0.15, 0.2) is 0 Å². The first-order chi connectivity index (χ1) is 10.6. The first-order valence-corrected chi connectivity index (χ1v) is 7.41. The number of carbonyl (C=O) groups excluding carboxylic acids is 1. The Morgan fingerprint density at radius 1 is 1.41 bits per heavy atom. The fraction of sp³-hybridized carbons (Fsp3) is 0.500. The highest BCUT2D eigenvalue weighted by Gasteiger charge is 2.21. The van der Waals surface area contributed by atoms with E-state index < -0.39 is 5.97 Å². The van der Waals surface area contributed by atoms with Crippen LogP contribution in [0.5, 0.6) is 5.75 Å². The quantitative estimate of drug-likeness (QED) is 0.834. The number of carboxylic acid groups (broad SMARTS) is 1. The lowest BCUT2D eigenvalue weighted by molar-refractivity contribution is -0.135. The molecule has 0 spiro atoms. The Morgan fingerprint density at radius 3 is 2.86 bits per heavy atom. The number of amides is 1. The first-order valence-electron chi connectivity index (χ1n) is 7.41. The molecule has 120 valence electrons. The first kappa shape index (κ1) is 16.3. The van der Waals surface area contributed by atoms with Gasteiger partial charge >= 0.3 is 5.97 Å². The molecule has 0 aliphatic carbocycles. The summed E-state index contributed by atoms with van der Waals surface area (Å²) in [4.78, 5) is 22.9. The van der Waals surface area contributed by atoms with Crippen molar-refractivity contribution in [2.24, 2.45) is 0 Å². The molecule has 0 saturated carbocycles. The molecule has 22 heavy (non-hydrogen) atoms. The van der Waals surface area contributed by atoms with E-state index in [0.29, 0.717) is 25.3 Å². The monoisotopic (exact) mass is 307 g/mol. The third kappa shape index (κ3) is 4.21. The van der Waals surface area contributed by atoms with Gasteiger partial charge in [0.05, 0.1) is 12.7 Å². The minimum Gasteiger partial charge on any atom is -0.496 e. The zero-order chi connectivity index (χ0) is 15.9. The van der Waals surface area contributed by atoms with E-state index in [0.717, 1.165) is 24.8 Å². The van der Waals surface area contributed by atoms with Crippen LogP contribution in [0.4, 0.5) is 0 Å². The Kier molecular flexibility index (Phi) is 5.77. The number of nitrogens with one attached hydrogen (secondary N) is 1. The third-order valence-corrected chi connectivity index (χ3v) is 3.70. The van der Waals surface area contributed by atoms with Gasteiger partial charge in [-0.25, -0.2) is 4.79 Å². The highest BCUT2D eigenvalue weighted by Crippen LogP contribution is 2.20. The predicted octanol–water partition coefficient (Wildman–Crippen LogP) is 1.62. The van der Waals surface area contributed by atoms with Gasteiger partial charge in [0.25, 0.3) is 0 Å². The molecule has 0 bridgehead atoms. The second-order valence-corrected chi connectivity index (χ2v) is 5.23. The Hall–Kier alpha value is -2.08. The van der Waals surface area contributed by atoms with Gasteiger partial charge in [-0.2, -0.15) is 0 Å². The summed E-state index contributed by atoms with van der Waals surface area (Å²) in [5.74, 6) is -0.559. The molecule has 6 nitrogen and oxygen atoms in total. The van der Waals surface area contributed by atoms with Gasteiger partial charge in [-0.1, -0.05) is 6.07 Å². The Morgan fingerprint density at radius 2 is 2.23 bits per heavy atom. The van der Waals surface area contributed by atoms with Crippen molar-refractivity contribution in [1.82, 2.24) is 5.32 Å². The highest BCUT2D eigenvalue weighted by atomic mass is 16.5. The highest BCUT2D eigenvalue weighted by molar-refractivity contribution is 5.88. The maximum absolute atomic E-state index is 11.9. The van der Waals surface area contributed by atoms with Crippen LogP contribution in [0.2, 0.25) is 0 Å². The molecule has 1 aromatic rings. The molecule has 1 aliphatic heterocycles. The predicted molar refractivity (Wildman–Crippen MR) is 80.3 cm³/mol. The second-order valence-electron chi connectivity index (χ2n) is 5.23. The number of carbonyl (C=O) groups is 2. The average Bonchev–Trinajstić information content (AvgIpc) is 2.55. The van der Waals surface area contributed by atoms with Crippen LogP contribution in [0, 0.1) is 0 Å². The zero-order valence-corrected chi connectivity index (χ0v) is 12.6. The van der Waals surface area contributed by atoms with Gasteiger partial charge < -0.3 is 19.9 Å².